The minimum Gasteiger partial charge on any atom is -0.351 e. The maximum atomic E-state index is 12.5. The molecule has 4 nitrogen and oxygen atoms in total. The summed E-state index contributed by atoms with van der Waals surface area (Å²) in [6.07, 6.45) is 4.76. The molecule has 0 saturated heterocycles. The summed E-state index contributed by atoms with van der Waals surface area (Å²) in [4.78, 5) is 24.8. The van der Waals surface area contributed by atoms with Crippen LogP contribution in [0.25, 0.3) is 0 Å². The van der Waals surface area contributed by atoms with Crippen LogP contribution in [0.4, 0.5) is 0 Å². The summed E-state index contributed by atoms with van der Waals surface area (Å²) in [5.74, 6) is -0.0384. The molecular weight excluding hydrogens is 312 g/mol. The summed E-state index contributed by atoms with van der Waals surface area (Å²) in [6, 6.07) is -0.414. The highest BCUT2D eigenvalue weighted by molar-refractivity contribution is 5.88. The molecule has 0 aromatic rings. The highest BCUT2D eigenvalue weighted by Gasteiger charge is 2.28. The Morgan fingerprint density at radius 2 is 1.40 bits per heavy atom. The molecule has 0 spiro atoms. The minimum absolute atomic E-state index is 0.00570. The van der Waals surface area contributed by atoms with Crippen LogP contribution >= 0.6 is 0 Å². The molecule has 0 bridgehead atoms. The van der Waals surface area contributed by atoms with Crippen molar-refractivity contribution in [2.45, 2.75) is 107 Å². The first kappa shape index (κ1) is 23.9. The number of unbranched alkanes of at least 4 members (excludes halogenated alkanes) is 2. The van der Waals surface area contributed by atoms with Crippen LogP contribution in [0.2, 0.25) is 0 Å². The van der Waals surface area contributed by atoms with E-state index in [0.29, 0.717) is 11.8 Å². The van der Waals surface area contributed by atoms with Crippen LogP contribution in [0, 0.1) is 16.7 Å². The molecule has 0 aliphatic rings. The van der Waals surface area contributed by atoms with E-state index in [-0.39, 0.29) is 29.2 Å². The van der Waals surface area contributed by atoms with E-state index in [1.165, 1.54) is 6.42 Å². The molecule has 2 amide bonds. The average molecular weight is 355 g/mol. The predicted molar refractivity (Wildman–Crippen MR) is 106 cm³/mol. The molecule has 0 unspecified atom stereocenters. The summed E-state index contributed by atoms with van der Waals surface area (Å²) < 4.78 is 0. The largest absolute Gasteiger partial charge is 0.351 e. The Morgan fingerprint density at radius 3 is 1.84 bits per heavy atom. The van der Waals surface area contributed by atoms with Gasteiger partial charge in [0.05, 0.1) is 0 Å². The van der Waals surface area contributed by atoms with E-state index in [0.717, 1.165) is 19.3 Å². The topological polar surface area (TPSA) is 58.2 Å². The van der Waals surface area contributed by atoms with Gasteiger partial charge >= 0.3 is 0 Å². The smallest absolute Gasteiger partial charge is 0.243 e. The summed E-state index contributed by atoms with van der Waals surface area (Å²) in [7, 11) is 0. The summed E-state index contributed by atoms with van der Waals surface area (Å²) in [6.45, 7) is 18.9. The molecule has 148 valence electrons. The Labute approximate surface area is 155 Å². The van der Waals surface area contributed by atoms with Crippen molar-refractivity contribution in [1.29, 1.82) is 0 Å². The van der Waals surface area contributed by atoms with Crippen LogP contribution in [0.15, 0.2) is 0 Å². The third-order valence-electron chi connectivity index (χ3n) is 4.75. The predicted octanol–water partition coefficient (Wildman–Crippen LogP) is 4.67. The normalized spacial score (nSPS) is 15.0. The highest BCUT2D eigenvalue weighted by atomic mass is 16.2. The third kappa shape index (κ3) is 11.2. The summed E-state index contributed by atoms with van der Waals surface area (Å²) in [5.41, 5.74) is 0.348. The van der Waals surface area contributed by atoms with E-state index in [2.05, 4.69) is 52.2 Å². The van der Waals surface area contributed by atoms with Crippen molar-refractivity contribution in [2.75, 3.05) is 0 Å². The molecule has 25 heavy (non-hydrogen) atoms. The van der Waals surface area contributed by atoms with Gasteiger partial charge < -0.3 is 10.6 Å². The minimum atomic E-state index is -0.466. The van der Waals surface area contributed by atoms with Gasteiger partial charge in [0, 0.05) is 12.5 Å². The summed E-state index contributed by atoms with van der Waals surface area (Å²) >= 11 is 0. The number of carbonyl (C=O) groups is 2. The average Bonchev–Trinajstić information content (AvgIpc) is 2.41. The van der Waals surface area contributed by atoms with Crippen LogP contribution in [0.3, 0.4) is 0 Å². The van der Waals surface area contributed by atoms with Crippen molar-refractivity contribution in [1.82, 2.24) is 10.6 Å². The monoisotopic (exact) mass is 354 g/mol. The van der Waals surface area contributed by atoms with Crippen LogP contribution in [0.5, 0.6) is 0 Å². The van der Waals surface area contributed by atoms with Gasteiger partial charge in [0.2, 0.25) is 11.8 Å². The van der Waals surface area contributed by atoms with Gasteiger partial charge in [-0.05, 0) is 36.5 Å². The second kappa shape index (κ2) is 10.2. The van der Waals surface area contributed by atoms with E-state index in [9.17, 15) is 9.59 Å². The van der Waals surface area contributed by atoms with Crippen LogP contribution in [0.1, 0.15) is 94.4 Å². The molecule has 0 aliphatic heterocycles. The fraction of sp³-hybridized carbons (Fsp3) is 0.905. The molecule has 0 rings (SSSR count). The first-order valence-corrected chi connectivity index (χ1v) is 9.84. The van der Waals surface area contributed by atoms with Crippen molar-refractivity contribution in [3.8, 4) is 0 Å². The molecule has 0 saturated carbocycles. The molecule has 0 radical (unpaired) electrons. The van der Waals surface area contributed by atoms with Crippen molar-refractivity contribution in [2.24, 2.45) is 16.7 Å². The molecule has 0 aliphatic carbocycles. The summed E-state index contributed by atoms with van der Waals surface area (Å²) in [5, 5.41) is 5.98. The molecule has 0 heterocycles. The van der Waals surface area contributed by atoms with Gasteiger partial charge in [-0.3, -0.25) is 9.59 Å². The Kier molecular flexibility index (Phi) is 9.75. The number of nitrogens with one attached hydrogen (secondary N) is 2. The van der Waals surface area contributed by atoms with Crippen LogP contribution < -0.4 is 10.6 Å². The highest BCUT2D eigenvalue weighted by Crippen LogP contribution is 2.22. The molecule has 2 N–H and O–H groups in total. The zero-order chi connectivity index (χ0) is 19.8. The lowest BCUT2D eigenvalue weighted by Crippen LogP contribution is -2.53. The second-order valence-corrected chi connectivity index (χ2v) is 10.0. The zero-order valence-corrected chi connectivity index (χ0v) is 18.1. The van der Waals surface area contributed by atoms with E-state index in [1.54, 1.807) is 0 Å². The lowest BCUT2D eigenvalue weighted by molar-refractivity contribution is -0.131. The van der Waals surface area contributed by atoms with Crippen molar-refractivity contribution >= 4 is 11.8 Å². The molecular formula is C21H42N2O2. The standard InChI is InChI=1S/C21H42N2O2/c1-15(2)18(19(25)22-16(3)21(7,8)9)23-17(24)13-11-10-12-14-20(4,5)6/h15-16,18H,10-14H2,1-9H3,(H,22,25)(H,23,24)/t16-,18-/m0/s1. The van der Waals surface area contributed by atoms with E-state index >= 15 is 0 Å². The van der Waals surface area contributed by atoms with Gasteiger partial charge in [0.25, 0.3) is 0 Å². The zero-order valence-electron chi connectivity index (χ0n) is 18.1. The van der Waals surface area contributed by atoms with Gasteiger partial charge in [-0.1, -0.05) is 68.2 Å². The van der Waals surface area contributed by atoms with Gasteiger partial charge in [0.1, 0.15) is 6.04 Å². The van der Waals surface area contributed by atoms with E-state index in [1.807, 2.05) is 20.8 Å². The molecule has 0 fully saturated rings. The molecule has 2 atom stereocenters. The third-order valence-corrected chi connectivity index (χ3v) is 4.75. The fourth-order valence-electron chi connectivity index (χ4n) is 2.42. The number of hydrogen-bond acceptors (Lipinski definition) is 2. The second-order valence-electron chi connectivity index (χ2n) is 10.0. The lowest BCUT2D eigenvalue weighted by Gasteiger charge is -2.31. The number of carbonyl (C=O) groups excluding carboxylic acids is 2. The van der Waals surface area contributed by atoms with E-state index in [4.69, 9.17) is 0 Å². The Morgan fingerprint density at radius 1 is 0.840 bits per heavy atom. The maximum absolute atomic E-state index is 12.5. The lowest BCUT2D eigenvalue weighted by atomic mass is 9.87. The molecule has 0 aromatic heterocycles. The van der Waals surface area contributed by atoms with Crippen molar-refractivity contribution in [3.63, 3.8) is 0 Å². The fourth-order valence-corrected chi connectivity index (χ4v) is 2.42. The van der Waals surface area contributed by atoms with E-state index < -0.39 is 6.04 Å². The van der Waals surface area contributed by atoms with Crippen LogP contribution in [-0.4, -0.2) is 23.9 Å². The Bertz CT molecular complexity index is 417. The van der Waals surface area contributed by atoms with Gasteiger partial charge in [0.15, 0.2) is 0 Å². The van der Waals surface area contributed by atoms with Crippen LogP contribution in [-0.2, 0) is 9.59 Å². The van der Waals surface area contributed by atoms with Gasteiger partial charge in [-0.15, -0.1) is 0 Å². The number of rotatable bonds is 9. The van der Waals surface area contributed by atoms with Crippen molar-refractivity contribution < 1.29 is 9.59 Å². The first-order chi connectivity index (χ1) is 11.2. The Balaban J connectivity index is 4.38. The SMILES string of the molecule is CC(C)[C@H](NC(=O)CCCCCC(C)(C)C)C(=O)N[C@@H](C)C(C)(C)C. The van der Waals surface area contributed by atoms with Gasteiger partial charge in [-0.25, -0.2) is 0 Å². The van der Waals surface area contributed by atoms with Gasteiger partial charge in [-0.2, -0.15) is 0 Å². The molecule has 4 heteroatoms. The Hall–Kier alpha value is -1.06. The number of amides is 2. The quantitative estimate of drug-likeness (QED) is 0.591. The number of hydrogen-bond donors (Lipinski definition) is 2. The molecule has 0 aromatic carbocycles. The first-order valence-electron chi connectivity index (χ1n) is 9.84. The maximum Gasteiger partial charge on any atom is 0.243 e. The van der Waals surface area contributed by atoms with Crippen molar-refractivity contribution in [3.05, 3.63) is 0 Å².